The van der Waals surface area contributed by atoms with Crippen LogP contribution in [0.25, 0.3) is 11.1 Å². The van der Waals surface area contributed by atoms with Gasteiger partial charge in [-0.2, -0.15) is 0 Å². The van der Waals surface area contributed by atoms with E-state index in [9.17, 15) is 9.59 Å². The Morgan fingerprint density at radius 1 is 0.969 bits per heavy atom. The summed E-state index contributed by atoms with van der Waals surface area (Å²) in [4.78, 5) is 23.5. The number of anilines is 1. The number of carbonyl (C=O) groups excluding carboxylic acids is 1. The van der Waals surface area contributed by atoms with Crippen LogP contribution in [0.5, 0.6) is 5.75 Å². The zero-order valence-electron chi connectivity index (χ0n) is 17.9. The fraction of sp³-hybridized carbons (Fsp3) is 0.231. The maximum absolute atomic E-state index is 12.5. The number of benzene rings is 3. The minimum absolute atomic E-state index is 0.110. The van der Waals surface area contributed by atoms with E-state index in [1.54, 1.807) is 42.5 Å². The number of hydrogen-bond donors (Lipinski definition) is 2. The number of aromatic carboxylic acids is 1. The lowest BCUT2D eigenvalue weighted by molar-refractivity contribution is -0.116. The fourth-order valence-corrected chi connectivity index (χ4v) is 3.36. The second-order valence-electron chi connectivity index (χ2n) is 7.47. The van der Waals surface area contributed by atoms with Crippen LogP contribution < -0.4 is 10.1 Å². The van der Waals surface area contributed by atoms with Gasteiger partial charge in [-0.25, -0.2) is 4.79 Å². The molecule has 0 bridgehead atoms. The summed E-state index contributed by atoms with van der Waals surface area (Å²) in [6.07, 6.45) is 2.89. The average molecular weight is 452 g/mol. The number of halogens is 1. The second kappa shape index (κ2) is 11.3. The van der Waals surface area contributed by atoms with Gasteiger partial charge in [-0.15, -0.1) is 0 Å². The van der Waals surface area contributed by atoms with Crippen LogP contribution >= 0.6 is 11.6 Å². The molecule has 0 heterocycles. The average Bonchev–Trinajstić information content (AvgIpc) is 2.80. The Kier molecular flexibility index (Phi) is 8.28. The van der Waals surface area contributed by atoms with Gasteiger partial charge in [0.05, 0.1) is 17.9 Å². The Bertz CT molecular complexity index is 1060. The Hall–Kier alpha value is -3.31. The summed E-state index contributed by atoms with van der Waals surface area (Å²) in [6, 6.07) is 19.9. The van der Waals surface area contributed by atoms with Gasteiger partial charge < -0.3 is 15.2 Å². The van der Waals surface area contributed by atoms with Crippen LogP contribution in [0.4, 0.5) is 5.69 Å². The van der Waals surface area contributed by atoms with Crippen molar-refractivity contribution < 1.29 is 19.4 Å². The summed E-state index contributed by atoms with van der Waals surface area (Å²) in [5.41, 5.74) is 3.81. The van der Waals surface area contributed by atoms with Crippen molar-refractivity contribution in [3.05, 3.63) is 82.9 Å². The van der Waals surface area contributed by atoms with Gasteiger partial charge in [0, 0.05) is 11.4 Å². The Labute approximate surface area is 193 Å². The minimum atomic E-state index is -0.942. The highest BCUT2D eigenvalue weighted by atomic mass is 35.5. The van der Waals surface area contributed by atoms with Crippen molar-refractivity contribution in [1.82, 2.24) is 0 Å². The van der Waals surface area contributed by atoms with Gasteiger partial charge in [-0.1, -0.05) is 61.3 Å². The molecule has 0 spiro atoms. The number of nitrogens with one attached hydrogen (secondary N) is 1. The van der Waals surface area contributed by atoms with E-state index >= 15 is 0 Å². The third-order valence-corrected chi connectivity index (χ3v) is 5.27. The second-order valence-corrected chi connectivity index (χ2v) is 7.91. The topological polar surface area (TPSA) is 75.6 Å². The van der Waals surface area contributed by atoms with Crippen LogP contribution in [-0.4, -0.2) is 23.6 Å². The van der Waals surface area contributed by atoms with E-state index in [-0.39, 0.29) is 11.5 Å². The van der Waals surface area contributed by atoms with Gasteiger partial charge in [0.25, 0.3) is 0 Å². The summed E-state index contributed by atoms with van der Waals surface area (Å²) in [6.45, 7) is 2.68. The summed E-state index contributed by atoms with van der Waals surface area (Å²) < 4.78 is 5.77. The van der Waals surface area contributed by atoms with Gasteiger partial charge in [-0.3, -0.25) is 4.79 Å². The molecule has 166 valence electrons. The molecule has 0 atom stereocenters. The predicted octanol–water partition coefficient (Wildman–Crippen LogP) is 6.46. The quantitative estimate of drug-likeness (QED) is 0.347. The molecule has 1 amide bonds. The normalized spacial score (nSPS) is 10.6. The minimum Gasteiger partial charge on any atom is -0.491 e. The molecule has 0 fully saturated rings. The Morgan fingerprint density at radius 3 is 2.25 bits per heavy atom. The fourth-order valence-electron chi connectivity index (χ4n) is 3.19. The first-order valence-corrected chi connectivity index (χ1v) is 11.0. The van der Waals surface area contributed by atoms with Crippen molar-refractivity contribution in [3.8, 4) is 16.9 Å². The van der Waals surface area contributed by atoms with E-state index in [4.69, 9.17) is 21.4 Å². The number of carboxylic acids is 1. The lowest BCUT2D eigenvalue weighted by Crippen LogP contribution is -2.13. The van der Waals surface area contributed by atoms with Crippen molar-refractivity contribution in [2.45, 2.75) is 32.6 Å². The molecular weight excluding hydrogens is 426 g/mol. The largest absolute Gasteiger partial charge is 0.491 e. The molecule has 6 heteroatoms. The lowest BCUT2D eigenvalue weighted by Gasteiger charge is -2.13. The van der Waals surface area contributed by atoms with Crippen molar-refractivity contribution >= 4 is 29.2 Å². The Morgan fingerprint density at radius 2 is 1.62 bits per heavy atom. The van der Waals surface area contributed by atoms with E-state index in [0.717, 1.165) is 29.5 Å². The molecule has 0 radical (unpaired) electrons. The summed E-state index contributed by atoms with van der Waals surface area (Å²) >= 11 is 6.09. The number of hydrogen-bond acceptors (Lipinski definition) is 3. The number of ether oxygens (including phenoxy) is 1. The van der Waals surface area contributed by atoms with Crippen LogP contribution in [0.15, 0.2) is 66.7 Å². The van der Waals surface area contributed by atoms with Crippen LogP contribution in [0.1, 0.15) is 42.1 Å². The predicted molar refractivity (Wildman–Crippen MR) is 128 cm³/mol. The first-order valence-electron chi connectivity index (χ1n) is 10.6. The lowest BCUT2D eigenvalue weighted by atomic mass is 10.0. The zero-order chi connectivity index (χ0) is 22.9. The monoisotopic (exact) mass is 451 g/mol. The molecule has 0 aliphatic rings. The summed E-state index contributed by atoms with van der Waals surface area (Å²) in [7, 11) is 0. The van der Waals surface area contributed by atoms with Crippen molar-refractivity contribution in [1.29, 1.82) is 0 Å². The van der Waals surface area contributed by atoms with E-state index in [1.807, 2.05) is 24.3 Å². The van der Waals surface area contributed by atoms with Crippen LogP contribution in [0, 0.1) is 0 Å². The summed E-state index contributed by atoms with van der Waals surface area (Å²) in [5, 5.41) is 12.5. The number of amides is 1. The van der Waals surface area contributed by atoms with E-state index in [0.29, 0.717) is 35.9 Å². The number of aryl methyl sites for hydroxylation is 1. The molecule has 0 aromatic heterocycles. The molecule has 32 heavy (non-hydrogen) atoms. The van der Waals surface area contributed by atoms with E-state index in [2.05, 4.69) is 12.2 Å². The highest BCUT2D eigenvalue weighted by molar-refractivity contribution is 6.31. The van der Waals surface area contributed by atoms with E-state index in [1.165, 1.54) is 0 Å². The number of carboxylic acid groups (broad SMARTS) is 1. The first kappa shape index (κ1) is 23.4. The van der Waals surface area contributed by atoms with Gasteiger partial charge in [0.15, 0.2) is 0 Å². The molecule has 3 rings (SSSR count). The molecule has 0 saturated carbocycles. The highest BCUT2D eigenvalue weighted by Crippen LogP contribution is 2.28. The molecule has 3 aromatic rings. The maximum atomic E-state index is 12.5. The van der Waals surface area contributed by atoms with Gasteiger partial charge >= 0.3 is 5.97 Å². The van der Waals surface area contributed by atoms with Crippen molar-refractivity contribution in [3.63, 3.8) is 0 Å². The number of unbranched alkanes of at least 4 members (excludes halogenated alkanes) is 1. The Balaban J connectivity index is 1.57. The molecule has 0 unspecified atom stereocenters. The van der Waals surface area contributed by atoms with Crippen LogP contribution in [0.2, 0.25) is 5.02 Å². The maximum Gasteiger partial charge on any atom is 0.335 e. The molecule has 0 saturated heterocycles. The molecule has 3 aromatic carbocycles. The third-order valence-electron chi connectivity index (χ3n) is 5.03. The summed E-state index contributed by atoms with van der Waals surface area (Å²) in [5.74, 6) is -0.432. The smallest absolute Gasteiger partial charge is 0.335 e. The molecular formula is C26H26ClNO4. The number of carbonyl (C=O) groups is 2. The van der Waals surface area contributed by atoms with Crippen molar-refractivity contribution in [2.24, 2.45) is 0 Å². The van der Waals surface area contributed by atoms with Gasteiger partial charge in [0.1, 0.15) is 5.75 Å². The SMILES string of the molecule is CCCCOc1ccc(Cl)cc1NC(=O)CCc1ccc(-c2ccc(C(=O)O)cc2)cc1. The van der Waals surface area contributed by atoms with Gasteiger partial charge in [0.2, 0.25) is 5.91 Å². The highest BCUT2D eigenvalue weighted by Gasteiger charge is 2.10. The third kappa shape index (κ3) is 6.59. The van der Waals surface area contributed by atoms with Crippen LogP contribution in [0.3, 0.4) is 0 Å². The van der Waals surface area contributed by atoms with E-state index < -0.39 is 5.97 Å². The molecule has 0 aliphatic heterocycles. The first-order chi connectivity index (χ1) is 15.5. The number of rotatable bonds is 10. The van der Waals surface area contributed by atoms with Crippen LogP contribution in [-0.2, 0) is 11.2 Å². The van der Waals surface area contributed by atoms with Crippen molar-refractivity contribution in [2.75, 3.05) is 11.9 Å². The molecule has 2 N–H and O–H groups in total. The molecule has 5 nitrogen and oxygen atoms in total. The zero-order valence-corrected chi connectivity index (χ0v) is 18.7. The molecule has 0 aliphatic carbocycles. The standard InChI is InChI=1S/C26H26ClNO4/c1-2-3-16-32-24-14-13-22(27)17-23(24)28-25(29)15-6-18-4-7-19(8-5-18)20-9-11-21(12-10-20)26(30)31/h4-5,7-14,17H,2-3,6,15-16H2,1H3,(H,28,29)(H,30,31). The van der Waals surface area contributed by atoms with Gasteiger partial charge in [-0.05, 0) is 59.9 Å².